The standard InChI is InChI=1S/C20H18ClN5O2S/c1-10(2)26-9-13(6-14(11(3)27)19(26)28)18-24-25-20(29-18)23-16-5-4-12-7-22-8-15(12)17(16)21/h4-6,8-10H,7H2,1-3H3,(H,23,25). The number of carbonyl (C=O) groups is 1. The number of hydrogen-bond acceptors (Lipinski definition) is 7. The number of halogens is 1. The molecule has 148 valence electrons. The number of aliphatic imine (C=N–C) groups is 1. The second-order valence-electron chi connectivity index (χ2n) is 7.01. The molecule has 2 aromatic heterocycles. The summed E-state index contributed by atoms with van der Waals surface area (Å²) in [6.45, 7) is 5.81. The summed E-state index contributed by atoms with van der Waals surface area (Å²) in [5.41, 5.74) is 3.23. The Morgan fingerprint density at radius 1 is 1.31 bits per heavy atom. The van der Waals surface area contributed by atoms with Gasteiger partial charge in [0.15, 0.2) is 10.8 Å². The van der Waals surface area contributed by atoms with Crippen molar-refractivity contribution in [3.05, 3.63) is 56.5 Å². The highest BCUT2D eigenvalue weighted by molar-refractivity contribution is 7.18. The third kappa shape index (κ3) is 3.61. The zero-order chi connectivity index (χ0) is 20.7. The fourth-order valence-corrected chi connectivity index (χ4v) is 4.12. The van der Waals surface area contributed by atoms with Crippen LogP contribution in [0.15, 0.2) is 34.2 Å². The van der Waals surface area contributed by atoms with E-state index >= 15 is 0 Å². The van der Waals surface area contributed by atoms with E-state index in [1.54, 1.807) is 18.5 Å². The Bertz CT molecular complexity index is 1210. The lowest BCUT2D eigenvalue weighted by molar-refractivity contribution is 0.101. The van der Waals surface area contributed by atoms with Crippen molar-refractivity contribution >= 4 is 45.8 Å². The number of rotatable bonds is 5. The second-order valence-corrected chi connectivity index (χ2v) is 8.37. The molecule has 1 aliphatic heterocycles. The highest BCUT2D eigenvalue weighted by Crippen LogP contribution is 2.34. The predicted octanol–water partition coefficient (Wildman–Crippen LogP) is 4.48. The Morgan fingerprint density at radius 2 is 2.10 bits per heavy atom. The van der Waals surface area contributed by atoms with Gasteiger partial charge in [-0.15, -0.1) is 10.2 Å². The smallest absolute Gasteiger partial charge is 0.261 e. The fourth-order valence-electron chi connectivity index (χ4n) is 3.10. The number of fused-ring (bicyclic) bond motifs is 1. The zero-order valence-corrected chi connectivity index (χ0v) is 17.6. The van der Waals surface area contributed by atoms with Crippen LogP contribution < -0.4 is 10.9 Å². The van der Waals surface area contributed by atoms with Gasteiger partial charge in [-0.25, -0.2) is 0 Å². The van der Waals surface area contributed by atoms with Crippen molar-refractivity contribution in [3.8, 4) is 10.6 Å². The van der Waals surface area contributed by atoms with Crippen molar-refractivity contribution in [3.63, 3.8) is 0 Å². The van der Waals surface area contributed by atoms with E-state index in [9.17, 15) is 9.59 Å². The van der Waals surface area contributed by atoms with Crippen LogP contribution in [0.4, 0.5) is 10.8 Å². The van der Waals surface area contributed by atoms with Gasteiger partial charge in [0.25, 0.3) is 5.56 Å². The summed E-state index contributed by atoms with van der Waals surface area (Å²) in [5, 5.41) is 13.4. The van der Waals surface area contributed by atoms with Crippen molar-refractivity contribution in [2.24, 2.45) is 4.99 Å². The van der Waals surface area contributed by atoms with Crippen LogP contribution in [0, 0.1) is 0 Å². The van der Waals surface area contributed by atoms with Crippen LogP contribution in [0.25, 0.3) is 10.6 Å². The van der Waals surface area contributed by atoms with E-state index in [1.165, 1.54) is 22.8 Å². The Balaban J connectivity index is 1.69. The number of Topliss-reactive ketones (excluding diaryl/α,β-unsaturated/α-hetero) is 1. The first-order chi connectivity index (χ1) is 13.8. The van der Waals surface area contributed by atoms with Crippen LogP contribution in [0.5, 0.6) is 0 Å². The molecule has 0 amide bonds. The number of benzene rings is 1. The fraction of sp³-hybridized carbons (Fsp3) is 0.250. The molecule has 7 nitrogen and oxygen atoms in total. The minimum atomic E-state index is -0.300. The van der Waals surface area contributed by atoms with E-state index < -0.39 is 0 Å². The van der Waals surface area contributed by atoms with E-state index in [0.29, 0.717) is 27.3 Å². The number of carbonyl (C=O) groups excluding carboxylic acids is 1. The predicted molar refractivity (Wildman–Crippen MR) is 116 cm³/mol. The van der Waals surface area contributed by atoms with E-state index in [1.807, 2.05) is 26.0 Å². The third-order valence-corrected chi connectivity index (χ3v) is 5.94. The van der Waals surface area contributed by atoms with Crippen LogP contribution in [-0.4, -0.2) is 26.8 Å². The molecule has 0 saturated heterocycles. The maximum absolute atomic E-state index is 12.5. The van der Waals surface area contributed by atoms with Gasteiger partial charge in [0.1, 0.15) is 0 Å². The van der Waals surface area contributed by atoms with Gasteiger partial charge < -0.3 is 9.88 Å². The quantitative estimate of drug-likeness (QED) is 0.606. The molecule has 0 spiro atoms. The molecule has 0 atom stereocenters. The van der Waals surface area contributed by atoms with Crippen LogP contribution in [-0.2, 0) is 6.54 Å². The van der Waals surface area contributed by atoms with Gasteiger partial charge in [0, 0.05) is 29.6 Å². The maximum atomic E-state index is 12.5. The summed E-state index contributed by atoms with van der Waals surface area (Å²) < 4.78 is 1.54. The van der Waals surface area contributed by atoms with Gasteiger partial charge in [0.2, 0.25) is 5.13 Å². The third-order valence-electron chi connectivity index (χ3n) is 4.64. The number of nitrogens with one attached hydrogen (secondary N) is 1. The van der Waals surface area contributed by atoms with E-state index in [4.69, 9.17) is 11.6 Å². The molecule has 0 saturated carbocycles. The van der Waals surface area contributed by atoms with Crippen molar-refractivity contribution in [2.75, 3.05) is 5.32 Å². The molecule has 1 aliphatic rings. The number of ketones is 1. The molecule has 1 aromatic carbocycles. The number of anilines is 2. The van der Waals surface area contributed by atoms with E-state index in [-0.39, 0.29) is 22.9 Å². The summed E-state index contributed by atoms with van der Waals surface area (Å²) in [5.74, 6) is -0.277. The summed E-state index contributed by atoms with van der Waals surface area (Å²) in [6.07, 6.45) is 3.48. The molecule has 3 aromatic rings. The number of aromatic nitrogens is 3. The van der Waals surface area contributed by atoms with Crippen LogP contribution in [0.2, 0.25) is 5.02 Å². The lowest BCUT2D eigenvalue weighted by Crippen LogP contribution is -2.26. The lowest BCUT2D eigenvalue weighted by atomic mass is 10.1. The average molecular weight is 428 g/mol. The second kappa shape index (κ2) is 7.53. The molecule has 0 bridgehead atoms. The number of pyridine rings is 1. The van der Waals surface area contributed by atoms with Crippen molar-refractivity contribution < 1.29 is 4.79 Å². The Kier molecular flexibility index (Phi) is 5.06. The van der Waals surface area contributed by atoms with Crippen LogP contribution in [0.1, 0.15) is 48.3 Å². The lowest BCUT2D eigenvalue weighted by Gasteiger charge is -2.12. The number of nitrogens with zero attached hydrogens (tertiary/aromatic N) is 4. The summed E-state index contributed by atoms with van der Waals surface area (Å²) in [4.78, 5) is 28.6. The molecular weight excluding hydrogens is 410 g/mol. The highest BCUT2D eigenvalue weighted by Gasteiger charge is 2.18. The largest absolute Gasteiger partial charge is 0.329 e. The van der Waals surface area contributed by atoms with Crippen LogP contribution in [0.3, 0.4) is 0 Å². The normalized spacial score (nSPS) is 12.4. The molecule has 29 heavy (non-hydrogen) atoms. The van der Waals surface area contributed by atoms with Crippen molar-refractivity contribution in [2.45, 2.75) is 33.4 Å². The van der Waals surface area contributed by atoms with E-state index in [2.05, 4.69) is 20.5 Å². The van der Waals surface area contributed by atoms with Crippen LogP contribution >= 0.6 is 22.9 Å². The van der Waals surface area contributed by atoms with Crippen molar-refractivity contribution in [1.82, 2.24) is 14.8 Å². The van der Waals surface area contributed by atoms with Gasteiger partial charge in [-0.2, -0.15) is 0 Å². The Morgan fingerprint density at radius 3 is 2.83 bits per heavy atom. The zero-order valence-electron chi connectivity index (χ0n) is 16.1. The molecule has 9 heteroatoms. The molecule has 0 aliphatic carbocycles. The van der Waals surface area contributed by atoms with Gasteiger partial charge in [0.05, 0.1) is 22.8 Å². The molecule has 0 fully saturated rings. The monoisotopic (exact) mass is 427 g/mol. The van der Waals surface area contributed by atoms with Crippen molar-refractivity contribution in [1.29, 1.82) is 0 Å². The molecule has 0 unspecified atom stereocenters. The first-order valence-corrected chi connectivity index (χ1v) is 10.2. The molecular formula is C20H18ClN5O2S. The topological polar surface area (TPSA) is 89.2 Å². The Hall–Kier alpha value is -2.84. The highest BCUT2D eigenvalue weighted by atomic mass is 35.5. The van der Waals surface area contributed by atoms with Gasteiger partial charge in [-0.3, -0.25) is 14.6 Å². The molecule has 1 N–H and O–H groups in total. The first kappa shape index (κ1) is 19.5. The minimum Gasteiger partial charge on any atom is -0.329 e. The average Bonchev–Trinajstić information content (AvgIpc) is 3.33. The van der Waals surface area contributed by atoms with Gasteiger partial charge >= 0.3 is 0 Å². The molecule has 0 radical (unpaired) electrons. The SMILES string of the molecule is CC(=O)c1cc(-c2nnc(Nc3ccc4c(c3Cl)C=NC4)s2)cn(C(C)C)c1=O. The Labute approximate surface area is 176 Å². The van der Waals surface area contributed by atoms with Gasteiger partial charge in [-0.05, 0) is 38.5 Å². The first-order valence-electron chi connectivity index (χ1n) is 9.04. The number of hydrogen-bond donors (Lipinski definition) is 1. The summed E-state index contributed by atoms with van der Waals surface area (Å²) >= 11 is 7.80. The van der Waals surface area contributed by atoms with E-state index in [0.717, 1.165) is 16.8 Å². The summed E-state index contributed by atoms with van der Waals surface area (Å²) in [7, 11) is 0. The summed E-state index contributed by atoms with van der Waals surface area (Å²) in [6, 6.07) is 5.37. The van der Waals surface area contributed by atoms with Gasteiger partial charge in [-0.1, -0.05) is 29.0 Å². The maximum Gasteiger partial charge on any atom is 0.261 e. The molecule has 3 heterocycles. The molecule has 4 rings (SSSR count). The minimum absolute atomic E-state index is 0.0852.